The van der Waals surface area contributed by atoms with Gasteiger partial charge in [-0.1, -0.05) is 18.2 Å². The van der Waals surface area contributed by atoms with E-state index in [4.69, 9.17) is 0 Å². The van der Waals surface area contributed by atoms with Gasteiger partial charge in [-0.05, 0) is 48.7 Å². The largest absolute Gasteiger partial charge is 0.416 e. The average molecular weight is 358 g/mol. The molecule has 1 aromatic heterocycles. The van der Waals surface area contributed by atoms with E-state index >= 15 is 0 Å². The number of rotatable bonds is 2. The van der Waals surface area contributed by atoms with Gasteiger partial charge in [-0.25, -0.2) is 0 Å². The van der Waals surface area contributed by atoms with Crippen molar-refractivity contribution in [2.24, 2.45) is 0 Å². The fourth-order valence-electron chi connectivity index (χ4n) is 3.59. The van der Waals surface area contributed by atoms with E-state index in [0.717, 1.165) is 36.2 Å². The fourth-order valence-corrected chi connectivity index (χ4v) is 3.59. The third-order valence-corrected chi connectivity index (χ3v) is 4.90. The van der Waals surface area contributed by atoms with Gasteiger partial charge in [0.25, 0.3) is 5.91 Å². The van der Waals surface area contributed by atoms with E-state index in [0.29, 0.717) is 6.42 Å². The van der Waals surface area contributed by atoms with Gasteiger partial charge in [0.2, 0.25) is 0 Å². The smallest absolute Gasteiger partial charge is 0.358 e. The third kappa shape index (κ3) is 3.07. The molecule has 0 saturated carbocycles. The van der Waals surface area contributed by atoms with E-state index in [2.05, 4.69) is 16.4 Å². The molecule has 1 aliphatic rings. The van der Waals surface area contributed by atoms with E-state index in [1.807, 2.05) is 18.2 Å². The van der Waals surface area contributed by atoms with Gasteiger partial charge in [0.1, 0.15) is 0 Å². The lowest BCUT2D eigenvalue weighted by Gasteiger charge is -2.23. The predicted octanol–water partition coefficient (Wildman–Crippen LogP) is 4.47. The van der Waals surface area contributed by atoms with E-state index in [1.165, 1.54) is 23.1 Å². The highest BCUT2D eigenvalue weighted by Crippen LogP contribution is 2.30. The number of nitrogens with one attached hydrogen (secondary N) is 2. The first kappa shape index (κ1) is 16.7. The molecule has 134 valence electrons. The summed E-state index contributed by atoms with van der Waals surface area (Å²) in [4.78, 5) is 15.8. The molecule has 2 aromatic carbocycles. The molecule has 0 fully saturated rings. The van der Waals surface area contributed by atoms with Crippen molar-refractivity contribution in [1.82, 2.24) is 10.3 Å². The molecule has 0 spiro atoms. The standard InChI is InChI=1S/C20H17F3N2O/c21-20(22,23)13-7-5-12(6-8-13)19(26)24-14-9-10-16-15-3-1-2-4-17(15)25-18(16)11-14/h1-8,14,25H,9-11H2,(H,24,26). The number of para-hydroxylation sites is 1. The van der Waals surface area contributed by atoms with Crippen LogP contribution in [0.25, 0.3) is 10.9 Å². The number of carbonyl (C=O) groups excluding carboxylic acids is 1. The van der Waals surface area contributed by atoms with Gasteiger partial charge in [0.05, 0.1) is 5.56 Å². The van der Waals surface area contributed by atoms with Crippen LogP contribution in [0.3, 0.4) is 0 Å². The van der Waals surface area contributed by atoms with Gasteiger partial charge in [0.15, 0.2) is 0 Å². The lowest BCUT2D eigenvalue weighted by atomic mass is 9.91. The molecule has 1 heterocycles. The summed E-state index contributed by atoms with van der Waals surface area (Å²) in [5.41, 5.74) is 2.98. The first-order valence-corrected chi connectivity index (χ1v) is 8.48. The quantitative estimate of drug-likeness (QED) is 0.697. The summed E-state index contributed by atoms with van der Waals surface area (Å²) in [6.07, 6.45) is -2.04. The van der Waals surface area contributed by atoms with Crippen molar-refractivity contribution >= 4 is 16.8 Å². The van der Waals surface area contributed by atoms with Crippen molar-refractivity contribution in [3.05, 3.63) is 70.9 Å². The normalized spacial score (nSPS) is 17.1. The van der Waals surface area contributed by atoms with Crippen molar-refractivity contribution in [3.8, 4) is 0 Å². The summed E-state index contributed by atoms with van der Waals surface area (Å²) in [5, 5.41) is 4.16. The summed E-state index contributed by atoms with van der Waals surface area (Å²) in [7, 11) is 0. The molecule has 2 N–H and O–H groups in total. The number of halogens is 3. The Balaban J connectivity index is 1.47. The van der Waals surface area contributed by atoms with Gasteiger partial charge in [-0.15, -0.1) is 0 Å². The van der Waals surface area contributed by atoms with Crippen LogP contribution in [0.1, 0.15) is 33.6 Å². The van der Waals surface area contributed by atoms with Gasteiger partial charge >= 0.3 is 6.18 Å². The average Bonchev–Trinajstić information content (AvgIpc) is 2.98. The Kier molecular flexibility index (Phi) is 3.98. The second-order valence-electron chi connectivity index (χ2n) is 6.62. The number of alkyl halides is 3. The highest BCUT2D eigenvalue weighted by atomic mass is 19.4. The van der Waals surface area contributed by atoms with Crippen LogP contribution in [0.15, 0.2) is 48.5 Å². The molecular formula is C20H17F3N2O. The van der Waals surface area contributed by atoms with Crippen LogP contribution >= 0.6 is 0 Å². The summed E-state index contributed by atoms with van der Waals surface area (Å²) in [5.74, 6) is -0.344. The molecule has 4 rings (SSSR count). The number of H-pyrrole nitrogens is 1. The zero-order valence-electron chi connectivity index (χ0n) is 13.9. The van der Waals surface area contributed by atoms with Crippen LogP contribution in [0.5, 0.6) is 0 Å². The van der Waals surface area contributed by atoms with Gasteiger partial charge < -0.3 is 10.3 Å². The number of aryl methyl sites for hydroxylation is 1. The summed E-state index contributed by atoms with van der Waals surface area (Å²) >= 11 is 0. The molecule has 0 bridgehead atoms. The van der Waals surface area contributed by atoms with Crippen LogP contribution in [-0.2, 0) is 19.0 Å². The molecule has 1 aliphatic carbocycles. The number of hydrogen-bond acceptors (Lipinski definition) is 1. The van der Waals surface area contributed by atoms with Gasteiger partial charge in [-0.2, -0.15) is 13.2 Å². The number of aromatic nitrogens is 1. The number of carbonyl (C=O) groups is 1. The molecule has 1 atom stereocenters. The van der Waals surface area contributed by atoms with Crippen LogP contribution in [0.4, 0.5) is 13.2 Å². The summed E-state index contributed by atoms with van der Waals surface area (Å²) in [6, 6.07) is 12.4. The van der Waals surface area contributed by atoms with Crippen LogP contribution < -0.4 is 5.32 Å². The van der Waals surface area contributed by atoms with Crippen molar-refractivity contribution in [2.45, 2.75) is 31.5 Å². The van der Waals surface area contributed by atoms with E-state index in [-0.39, 0.29) is 17.5 Å². The molecule has 6 heteroatoms. The Labute approximate surface area is 148 Å². The summed E-state index contributed by atoms with van der Waals surface area (Å²) in [6.45, 7) is 0. The zero-order chi connectivity index (χ0) is 18.3. The highest BCUT2D eigenvalue weighted by Gasteiger charge is 2.30. The van der Waals surface area contributed by atoms with Crippen LogP contribution in [-0.4, -0.2) is 16.9 Å². The predicted molar refractivity (Wildman–Crippen MR) is 93.0 cm³/mol. The van der Waals surface area contributed by atoms with Crippen molar-refractivity contribution in [2.75, 3.05) is 0 Å². The minimum atomic E-state index is -4.40. The maximum Gasteiger partial charge on any atom is 0.416 e. The SMILES string of the molecule is O=C(NC1CCc2c([nH]c3ccccc23)C1)c1ccc(C(F)(F)F)cc1. The molecule has 0 radical (unpaired) electrons. The van der Waals surface area contributed by atoms with Gasteiger partial charge in [0, 0.05) is 34.6 Å². The summed E-state index contributed by atoms with van der Waals surface area (Å²) < 4.78 is 37.9. The molecule has 1 unspecified atom stereocenters. The second-order valence-corrected chi connectivity index (χ2v) is 6.62. The molecular weight excluding hydrogens is 341 g/mol. The Bertz CT molecular complexity index is 957. The number of amides is 1. The minimum Gasteiger partial charge on any atom is -0.358 e. The second kappa shape index (κ2) is 6.20. The maximum atomic E-state index is 12.6. The third-order valence-electron chi connectivity index (χ3n) is 4.90. The first-order chi connectivity index (χ1) is 12.4. The topological polar surface area (TPSA) is 44.9 Å². The maximum absolute atomic E-state index is 12.6. The van der Waals surface area contributed by atoms with Crippen LogP contribution in [0.2, 0.25) is 0 Å². The number of hydrogen-bond donors (Lipinski definition) is 2. The minimum absolute atomic E-state index is 0.0367. The molecule has 3 aromatic rings. The van der Waals surface area contributed by atoms with Crippen molar-refractivity contribution in [3.63, 3.8) is 0 Å². The number of aromatic amines is 1. The Morgan fingerprint density at radius 3 is 2.54 bits per heavy atom. The monoisotopic (exact) mass is 358 g/mol. The molecule has 0 saturated heterocycles. The lowest BCUT2D eigenvalue weighted by molar-refractivity contribution is -0.137. The highest BCUT2D eigenvalue weighted by molar-refractivity contribution is 5.94. The Morgan fingerprint density at radius 1 is 1.08 bits per heavy atom. The lowest BCUT2D eigenvalue weighted by Crippen LogP contribution is -2.38. The Morgan fingerprint density at radius 2 is 1.81 bits per heavy atom. The zero-order valence-corrected chi connectivity index (χ0v) is 13.9. The van der Waals surface area contributed by atoms with Gasteiger partial charge in [-0.3, -0.25) is 4.79 Å². The van der Waals surface area contributed by atoms with Crippen molar-refractivity contribution < 1.29 is 18.0 Å². The number of fused-ring (bicyclic) bond motifs is 3. The molecule has 3 nitrogen and oxygen atoms in total. The van der Waals surface area contributed by atoms with E-state index < -0.39 is 11.7 Å². The Hall–Kier alpha value is -2.76. The van der Waals surface area contributed by atoms with E-state index in [1.54, 1.807) is 0 Å². The first-order valence-electron chi connectivity index (χ1n) is 8.48. The molecule has 0 aliphatic heterocycles. The molecule has 26 heavy (non-hydrogen) atoms. The molecule has 1 amide bonds. The fraction of sp³-hybridized carbons (Fsp3) is 0.250. The van der Waals surface area contributed by atoms with Crippen molar-refractivity contribution in [1.29, 1.82) is 0 Å². The van der Waals surface area contributed by atoms with E-state index in [9.17, 15) is 18.0 Å². The van der Waals surface area contributed by atoms with Crippen LogP contribution in [0, 0.1) is 0 Å². The number of benzene rings is 2.